The van der Waals surface area contributed by atoms with Crippen LogP contribution in [-0.4, -0.2) is 15.9 Å². The Kier molecular flexibility index (Phi) is 5.82. The van der Waals surface area contributed by atoms with Crippen LogP contribution in [0.1, 0.15) is 48.2 Å². The lowest BCUT2D eigenvalue weighted by molar-refractivity contribution is 0.102. The Hall–Kier alpha value is -3.41. The first kappa shape index (κ1) is 20.3. The van der Waals surface area contributed by atoms with Gasteiger partial charge in [-0.1, -0.05) is 51.1 Å². The monoisotopic (exact) mass is 391 g/mol. The van der Waals surface area contributed by atoms with Crippen LogP contribution in [0.3, 0.4) is 0 Å². The zero-order chi connectivity index (χ0) is 21.0. The van der Waals surface area contributed by atoms with Crippen molar-refractivity contribution in [2.45, 2.75) is 39.7 Å². The van der Waals surface area contributed by atoms with Crippen molar-refractivity contribution in [1.82, 2.24) is 9.97 Å². The highest BCUT2D eigenvalue weighted by Gasteiger charge is 2.22. The van der Waals surface area contributed by atoms with Gasteiger partial charge in [0.15, 0.2) is 0 Å². The summed E-state index contributed by atoms with van der Waals surface area (Å²) in [6.45, 7) is 7.98. The average molecular weight is 391 g/mol. The lowest BCUT2D eigenvalue weighted by Gasteiger charge is -2.18. The van der Waals surface area contributed by atoms with Crippen LogP contribution in [0.25, 0.3) is 0 Å². The number of amides is 1. The number of H-pyrrole nitrogens is 1. The number of hydrogen-bond donors (Lipinski definition) is 2. The molecule has 0 unspecified atom stereocenters. The van der Waals surface area contributed by atoms with E-state index in [1.54, 1.807) is 31.2 Å². The molecular formula is C23H25N3O3. The fraction of sp³-hybridized carbons (Fsp3) is 0.261. The predicted octanol–water partition coefficient (Wildman–Crippen LogP) is 4.21. The SMILES string of the molecule is Cc1nc(C(C)(C)C)[nH]c(=O)c1C(=O)Nc1ccc(OCc2ccccc2)cc1. The Balaban J connectivity index is 1.69. The molecule has 3 aromatic rings. The van der Waals surface area contributed by atoms with Crippen LogP contribution in [0, 0.1) is 6.92 Å². The number of nitrogens with zero attached hydrogens (tertiary/aromatic N) is 1. The van der Waals surface area contributed by atoms with Gasteiger partial charge in [0.05, 0.1) is 5.69 Å². The first-order chi connectivity index (χ1) is 13.7. The Labute approximate surface area is 170 Å². The van der Waals surface area contributed by atoms with Gasteiger partial charge >= 0.3 is 0 Å². The minimum absolute atomic E-state index is 0.0161. The highest BCUT2D eigenvalue weighted by Crippen LogP contribution is 2.19. The topological polar surface area (TPSA) is 84.1 Å². The summed E-state index contributed by atoms with van der Waals surface area (Å²) in [5.41, 5.74) is 1.31. The van der Waals surface area contributed by atoms with Crippen molar-refractivity contribution in [3.05, 3.63) is 87.6 Å². The molecule has 6 heteroatoms. The van der Waals surface area contributed by atoms with Crippen molar-refractivity contribution in [3.63, 3.8) is 0 Å². The number of nitrogens with one attached hydrogen (secondary N) is 2. The minimum Gasteiger partial charge on any atom is -0.489 e. The molecule has 0 saturated carbocycles. The average Bonchev–Trinajstić information content (AvgIpc) is 2.67. The Bertz CT molecular complexity index is 1050. The molecule has 1 heterocycles. The largest absolute Gasteiger partial charge is 0.489 e. The van der Waals surface area contributed by atoms with Crippen LogP contribution in [0.2, 0.25) is 0 Å². The van der Waals surface area contributed by atoms with Crippen LogP contribution in [0.5, 0.6) is 5.75 Å². The molecule has 0 spiro atoms. The van der Waals surface area contributed by atoms with Crippen LogP contribution in [0.15, 0.2) is 59.4 Å². The molecule has 29 heavy (non-hydrogen) atoms. The lowest BCUT2D eigenvalue weighted by Crippen LogP contribution is -2.30. The second-order valence-corrected chi connectivity index (χ2v) is 7.88. The number of aryl methyl sites for hydroxylation is 1. The van der Waals surface area contributed by atoms with Gasteiger partial charge in [-0.3, -0.25) is 9.59 Å². The van der Waals surface area contributed by atoms with E-state index < -0.39 is 11.5 Å². The van der Waals surface area contributed by atoms with Gasteiger partial charge in [-0.05, 0) is 36.8 Å². The summed E-state index contributed by atoms with van der Waals surface area (Å²) < 4.78 is 5.74. The van der Waals surface area contributed by atoms with Gasteiger partial charge in [0.1, 0.15) is 23.7 Å². The third-order valence-electron chi connectivity index (χ3n) is 4.40. The molecule has 0 aliphatic carbocycles. The molecule has 2 aromatic carbocycles. The number of hydrogen-bond acceptors (Lipinski definition) is 4. The van der Waals surface area contributed by atoms with Crippen LogP contribution < -0.4 is 15.6 Å². The molecular weight excluding hydrogens is 366 g/mol. The van der Waals surface area contributed by atoms with Crippen LogP contribution in [-0.2, 0) is 12.0 Å². The Morgan fingerprint density at radius 3 is 2.31 bits per heavy atom. The third kappa shape index (κ3) is 5.10. The van der Waals surface area contributed by atoms with Gasteiger partial charge in [-0.15, -0.1) is 0 Å². The van der Waals surface area contributed by atoms with E-state index in [0.29, 0.717) is 29.6 Å². The summed E-state index contributed by atoms with van der Waals surface area (Å²) in [4.78, 5) is 32.2. The molecule has 2 N–H and O–H groups in total. The van der Waals surface area contributed by atoms with E-state index in [1.165, 1.54) is 0 Å². The van der Waals surface area contributed by atoms with Crippen molar-refractivity contribution in [2.75, 3.05) is 5.32 Å². The number of rotatable bonds is 5. The number of ether oxygens (including phenoxy) is 1. The van der Waals surface area contributed by atoms with E-state index in [4.69, 9.17) is 4.74 Å². The maximum atomic E-state index is 12.6. The zero-order valence-corrected chi connectivity index (χ0v) is 17.1. The smallest absolute Gasteiger partial charge is 0.264 e. The lowest BCUT2D eigenvalue weighted by atomic mass is 9.95. The van der Waals surface area contributed by atoms with Crippen molar-refractivity contribution < 1.29 is 9.53 Å². The molecule has 0 aliphatic rings. The number of aromatic amines is 1. The number of carbonyl (C=O) groups excluding carboxylic acids is 1. The van der Waals surface area contributed by atoms with E-state index in [1.807, 2.05) is 51.1 Å². The molecule has 0 atom stereocenters. The maximum Gasteiger partial charge on any atom is 0.264 e. The second-order valence-electron chi connectivity index (χ2n) is 7.88. The minimum atomic E-state index is -0.491. The quantitative estimate of drug-likeness (QED) is 0.682. The summed E-state index contributed by atoms with van der Waals surface area (Å²) in [7, 11) is 0. The van der Waals surface area contributed by atoms with E-state index in [0.717, 1.165) is 5.56 Å². The fourth-order valence-corrected chi connectivity index (χ4v) is 2.78. The van der Waals surface area contributed by atoms with Gasteiger partial charge in [0, 0.05) is 11.1 Å². The molecule has 0 aliphatic heterocycles. The maximum absolute atomic E-state index is 12.6. The summed E-state index contributed by atoms with van der Waals surface area (Å²) in [6.07, 6.45) is 0. The molecule has 0 radical (unpaired) electrons. The van der Waals surface area contributed by atoms with Gasteiger partial charge in [0.25, 0.3) is 11.5 Å². The van der Waals surface area contributed by atoms with Gasteiger partial charge in [-0.2, -0.15) is 0 Å². The van der Waals surface area contributed by atoms with E-state index in [9.17, 15) is 9.59 Å². The molecule has 0 fully saturated rings. The number of carbonyl (C=O) groups is 1. The summed E-state index contributed by atoms with van der Waals surface area (Å²) in [6, 6.07) is 16.9. The normalized spacial score (nSPS) is 11.2. The highest BCUT2D eigenvalue weighted by molar-refractivity contribution is 6.04. The van der Waals surface area contributed by atoms with Gasteiger partial charge in [-0.25, -0.2) is 4.98 Å². The molecule has 150 valence electrons. The summed E-state index contributed by atoms with van der Waals surface area (Å²) in [5.74, 6) is 0.753. The van der Waals surface area contributed by atoms with E-state index in [2.05, 4.69) is 15.3 Å². The molecule has 3 rings (SSSR count). The van der Waals surface area contributed by atoms with Crippen LogP contribution in [0.4, 0.5) is 5.69 Å². The molecule has 6 nitrogen and oxygen atoms in total. The van der Waals surface area contributed by atoms with Gasteiger partial charge in [0.2, 0.25) is 0 Å². The molecule has 1 aromatic heterocycles. The fourth-order valence-electron chi connectivity index (χ4n) is 2.78. The van der Waals surface area contributed by atoms with Crippen molar-refractivity contribution in [2.24, 2.45) is 0 Å². The first-order valence-electron chi connectivity index (χ1n) is 9.43. The Morgan fingerprint density at radius 2 is 1.72 bits per heavy atom. The number of aromatic nitrogens is 2. The molecule has 0 saturated heterocycles. The highest BCUT2D eigenvalue weighted by atomic mass is 16.5. The van der Waals surface area contributed by atoms with Crippen molar-refractivity contribution in [1.29, 1.82) is 0 Å². The first-order valence-corrected chi connectivity index (χ1v) is 9.43. The van der Waals surface area contributed by atoms with Crippen molar-refractivity contribution in [3.8, 4) is 5.75 Å². The van der Waals surface area contributed by atoms with Crippen molar-refractivity contribution >= 4 is 11.6 Å². The number of anilines is 1. The zero-order valence-electron chi connectivity index (χ0n) is 17.1. The Morgan fingerprint density at radius 1 is 1.07 bits per heavy atom. The third-order valence-corrected chi connectivity index (χ3v) is 4.40. The van der Waals surface area contributed by atoms with E-state index in [-0.39, 0.29) is 11.0 Å². The predicted molar refractivity (Wildman–Crippen MR) is 113 cm³/mol. The molecule has 1 amide bonds. The summed E-state index contributed by atoms with van der Waals surface area (Å²) in [5, 5.41) is 2.74. The van der Waals surface area contributed by atoms with E-state index >= 15 is 0 Å². The van der Waals surface area contributed by atoms with Crippen LogP contribution >= 0.6 is 0 Å². The molecule has 0 bridgehead atoms. The number of benzene rings is 2. The second kappa shape index (κ2) is 8.31. The standard InChI is InChI=1S/C23H25N3O3/c1-15-19(21(28)26-22(24-15)23(2,3)4)20(27)25-17-10-12-18(13-11-17)29-14-16-8-6-5-7-9-16/h5-13H,14H2,1-4H3,(H,25,27)(H,24,26,28). The summed E-state index contributed by atoms with van der Waals surface area (Å²) >= 11 is 0. The van der Waals surface area contributed by atoms with Gasteiger partial charge < -0.3 is 15.0 Å².